The molecule has 0 bridgehead atoms. The van der Waals surface area contributed by atoms with Crippen molar-refractivity contribution < 1.29 is 9.53 Å². The zero-order valence-corrected chi connectivity index (χ0v) is 12.6. The Morgan fingerprint density at radius 3 is 2.79 bits per heavy atom. The summed E-state index contributed by atoms with van der Waals surface area (Å²) in [5, 5.41) is 0.717. The Kier molecular flexibility index (Phi) is 6.89. The molecule has 0 aromatic heterocycles. The molecule has 0 spiro atoms. The van der Waals surface area contributed by atoms with Crippen LogP contribution in [0.2, 0.25) is 5.02 Å². The summed E-state index contributed by atoms with van der Waals surface area (Å²) in [7, 11) is 3.38. The number of carbonyl (C=O) groups is 1. The number of nitrogens with zero attached hydrogens (tertiary/aromatic N) is 1. The Bertz CT molecular complexity index is 409. The van der Waals surface area contributed by atoms with Crippen molar-refractivity contribution in [3.63, 3.8) is 0 Å². The Hall–Kier alpha value is -1.06. The van der Waals surface area contributed by atoms with Gasteiger partial charge in [-0.1, -0.05) is 43.5 Å². The van der Waals surface area contributed by atoms with Gasteiger partial charge in [-0.3, -0.25) is 9.69 Å². The van der Waals surface area contributed by atoms with Crippen molar-refractivity contribution in [1.29, 1.82) is 0 Å². The predicted octanol–water partition coefficient (Wildman–Crippen LogP) is 3.50. The molecule has 1 aromatic rings. The van der Waals surface area contributed by atoms with Gasteiger partial charge in [0, 0.05) is 11.6 Å². The quantitative estimate of drug-likeness (QED) is 0.717. The lowest BCUT2D eigenvalue weighted by atomic mass is 10.1. The average molecular weight is 284 g/mol. The first kappa shape index (κ1) is 16.0. The van der Waals surface area contributed by atoms with Crippen LogP contribution in [0.25, 0.3) is 0 Å². The second-order valence-corrected chi connectivity index (χ2v) is 5.16. The molecule has 0 aliphatic heterocycles. The molecule has 1 rings (SSSR count). The first-order chi connectivity index (χ1) is 9.08. The topological polar surface area (TPSA) is 29.5 Å². The van der Waals surface area contributed by atoms with Gasteiger partial charge in [0.15, 0.2) is 0 Å². The highest BCUT2D eigenvalue weighted by Crippen LogP contribution is 2.16. The van der Waals surface area contributed by atoms with Gasteiger partial charge in [-0.25, -0.2) is 0 Å². The molecule has 0 aliphatic rings. The molecule has 0 fully saturated rings. The Morgan fingerprint density at radius 1 is 1.47 bits per heavy atom. The van der Waals surface area contributed by atoms with Gasteiger partial charge in [0.2, 0.25) is 0 Å². The van der Waals surface area contributed by atoms with Crippen LogP contribution in [0, 0.1) is 0 Å². The minimum absolute atomic E-state index is 0.169. The number of unbranched alkanes of at least 4 members (excludes halogenated alkanes) is 1. The molecular weight excluding hydrogens is 262 g/mol. The number of rotatable bonds is 7. The van der Waals surface area contributed by atoms with Crippen LogP contribution in [-0.2, 0) is 16.1 Å². The summed E-state index contributed by atoms with van der Waals surface area (Å²) in [5.74, 6) is -0.169. The fourth-order valence-electron chi connectivity index (χ4n) is 2.09. The lowest BCUT2D eigenvalue weighted by molar-refractivity contribution is -0.147. The number of halogens is 1. The summed E-state index contributed by atoms with van der Waals surface area (Å²) in [6.07, 6.45) is 2.90. The highest BCUT2D eigenvalue weighted by atomic mass is 35.5. The largest absolute Gasteiger partial charge is 0.468 e. The standard InChI is InChI=1S/C15H22ClNO2/c1-4-5-9-14(15(18)19-3)17(2)11-12-7-6-8-13(16)10-12/h6-8,10,14H,4-5,9,11H2,1-3H3. The number of hydrogen-bond donors (Lipinski definition) is 0. The maximum atomic E-state index is 11.8. The van der Waals surface area contributed by atoms with E-state index < -0.39 is 0 Å². The van der Waals surface area contributed by atoms with E-state index in [0.717, 1.165) is 24.8 Å². The van der Waals surface area contributed by atoms with E-state index in [4.69, 9.17) is 16.3 Å². The van der Waals surface area contributed by atoms with Crippen LogP contribution in [0.5, 0.6) is 0 Å². The highest BCUT2D eigenvalue weighted by Gasteiger charge is 2.23. The Labute approximate surface area is 120 Å². The number of methoxy groups -OCH3 is 1. The number of benzene rings is 1. The fraction of sp³-hybridized carbons (Fsp3) is 0.533. The van der Waals surface area contributed by atoms with Gasteiger partial charge < -0.3 is 4.74 Å². The Morgan fingerprint density at radius 2 is 2.21 bits per heavy atom. The molecule has 0 amide bonds. The normalized spacial score (nSPS) is 12.5. The van der Waals surface area contributed by atoms with Crippen LogP contribution in [-0.4, -0.2) is 31.1 Å². The van der Waals surface area contributed by atoms with E-state index in [1.165, 1.54) is 7.11 Å². The van der Waals surface area contributed by atoms with Crippen LogP contribution in [0.1, 0.15) is 31.7 Å². The molecule has 0 radical (unpaired) electrons. The van der Waals surface area contributed by atoms with E-state index >= 15 is 0 Å². The minimum Gasteiger partial charge on any atom is -0.468 e. The summed E-state index contributed by atoms with van der Waals surface area (Å²) >= 11 is 5.97. The monoisotopic (exact) mass is 283 g/mol. The summed E-state index contributed by atoms with van der Waals surface area (Å²) in [6, 6.07) is 7.51. The number of hydrogen-bond acceptors (Lipinski definition) is 3. The van der Waals surface area contributed by atoms with Gasteiger partial charge >= 0.3 is 5.97 Å². The molecule has 106 valence electrons. The van der Waals surface area contributed by atoms with Gasteiger partial charge in [-0.2, -0.15) is 0 Å². The lowest BCUT2D eigenvalue weighted by Gasteiger charge is -2.26. The number of likely N-dealkylation sites (N-methyl/N-ethyl adjacent to an activating group) is 1. The van der Waals surface area contributed by atoms with Gasteiger partial charge in [0.1, 0.15) is 6.04 Å². The SMILES string of the molecule is CCCCC(C(=O)OC)N(C)Cc1cccc(Cl)c1. The van der Waals surface area contributed by atoms with Crippen LogP contribution >= 0.6 is 11.6 Å². The number of ether oxygens (including phenoxy) is 1. The minimum atomic E-state index is -0.191. The lowest BCUT2D eigenvalue weighted by Crippen LogP contribution is -2.38. The van der Waals surface area contributed by atoms with Crippen molar-refractivity contribution in [2.24, 2.45) is 0 Å². The zero-order chi connectivity index (χ0) is 14.3. The van der Waals surface area contributed by atoms with Crippen molar-refractivity contribution in [2.45, 2.75) is 38.8 Å². The maximum absolute atomic E-state index is 11.8. The molecule has 0 heterocycles. The van der Waals surface area contributed by atoms with E-state index in [-0.39, 0.29) is 12.0 Å². The van der Waals surface area contributed by atoms with E-state index in [1.54, 1.807) is 0 Å². The number of carbonyl (C=O) groups excluding carboxylic acids is 1. The summed E-state index contributed by atoms with van der Waals surface area (Å²) in [5.41, 5.74) is 1.10. The molecule has 0 saturated carbocycles. The van der Waals surface area contributed by atoms with Crippen molar-refractivity contribution in [3.05, 3.63) is 34.9 Å². The molecule has 4 heteroatoms. The first-order valence-corrected chi connectivity index (χ1v) is 6.98. The molecular formula is C15H22ClNO2. The van der Waals surface area contributed by atoms with Crippen LogP contribution in [0.15, 0.2) is 24.3 Å². The van der Waals surface area contributed by atoms with Crippen LogP contribution in [0.3, 0.4) is 0 Å². The summed E-state index contributed by atoms with van der Waals surface area (Å²) in [4.78, 5) is 13.8. The van der Waals surface area contributed by atoms with E-state index in [9.17, 15) is 4.79 Å². The molecule has 0 saturated heterocycles. The van der Waals surface area contributed by atoms with Crippen LogP contribution < -0.4 is 0 Å². The molecule has 3 nitrogen and oxygen atoms in total. The van der Waals surface area contributed by atoms with Crippen LogP contribution in [0.4, 0.5) is 0 Å². The second-order valence-electron chi connectivity index (χ2n) is 4.73. The van der Waals surface area contributed by atoms with Gasteiger partial charge in [-0.05, 0) is 31.2 Å². The molecule has 19 heavy (non-hydrogen) atoms. The Balaban J connectivity index is 2.70. The summed E-state index contributed by atoms with van der Waals surface area (Å²) in [6.45, 7) is 2.80. The molecule has 0 N–H and O–H groups in total. The predicted molar refractivity (Wildman–Crippen MR) is 78.2 cm³/mol. The molecule has 0 aliphatic carbocycles. The van der Waals surface area contributed by atoms with Gasteiger partial charge in [0.25, 0.3) is 0 Å². The molecule has 1 aromatic carbocycles. The molecule has 1 unspecified atom stereocenters. The average Bonchev–Trinajstić information content (AvgIpc) is 2.38. The third-order valence-electron chi connectivity index (χ3n) is 3.16. The zero-order valence-electron chi connectivity index (χ0n) is 11.9. The van der Waals surface area contributed by atoms with Gasteiger partial charge in [-0.15, -0.1) is 0 Å². The third kappa shape index (κ3) is 5.21. The maximum Gasteiger partial charge on any atom is 0.323 e. The van der Waals surface area contributed by atoms with E-state index in [1.807, 2.05) is 36.2 Å². The van der Waals surface area contributed by atoms with E-state index in [2.05, 4.69) is 6.92 Å². The van der Waals surface area contributed by atoms with Crippen molar-refractivity contribution in [2.75, 3.05) is 14.2 Å². The van der Waals surface area contributed by atoms with Crippen molar-refractivity contribution in [3.8, 4) is 0 Å². The van der Waals surface area contributed by atoms with Crippen molar-refractivity contribution in [1.82, 2.24) is 4.90 Å². The fourth-order valence-corrected chi connectivity index (χ4v) is 2.30. The van der Waals surface area contributed by atoms with E-state index in [0.29, 0.717) is 11.6 Å². The van der Waals surface area contributed by atoms with Gasteiger partial charge in [0.05, 0.1) is 7.11 Å². The van der Waals surface area contributed by atoms with Crippen molar-refractivity contribution >= 4 is 17.6 Å². The second kappa shape index (κ2) is 8.18. The number of esters is 1. The highest BCUT2D eigenvalue weighted by molar-refractivity contribution is 6.30. The smallest absolute Gasteiger partial charge is 0.323 e. The molecule has 1 atom stereocenters. The summed E-state index contributed by atoms with van der Waals surface area (Å²) < 4.78 is 4.89. The first-order valence-electron chi connectivity index (χ1n) is 6.61. The third-order valence-corrected chi connectivity index (χ3v) is 3.39.